The van der Waals surface area contributed by atoms with Gasteiger partial charge in [0.2, 0.25) is 0 Å². The Morgan fingerprint density at radius 2 is 2.04 bits per heavy atom. The molecule has 1 heterocycles. The first kappa shape index (κ1) is 17.9. The average Bonchev–Trinajstić information content (AvgIpc) is 3.45. The van der Waals surface area contributed by atoms with Crippen molar-refractivity contribution >= 4 is 26.8 Å². The van der Waals surface area contributed by atoms with E-state index < -0.39 is 10.0 Å². The van der Waals surface area contributed by atoms with Crippen molar-refractivity contribution < 1.29 is 17.7 Å². The van der Waals surface area contributed by atoms with Crippen LogP contribution in [0, 0.1) is 0 Å². The zero-order valence-corrected chi connectivity index (χ0v) is 16.4. The molecule has 0 N–H and O–H groups in total. The highest BCUT2D eigenvalue weighted by atomic mass is 32.2. The lowest BCUT2D eigenvalue weighted by atomic mass is 10.1. The van der Waals surface area contributed by atoms with Crippen LogP contribution in [0.1, 0.15) is 36.8 Å². The molecular weight excluding hydrogens is 364 g/mol. The summed E-state index contributed by atoms with van der Waals surface area (Å²) in [5.41, 5.74) is 2.69. The van der Waals surface area contributed by atoms with Gasteiger partial charge in [0.25, 0.3) is 10.0 Å². The molecule has 0 radical (unpaired) electrons. The van der Waals surface area contributed by atoms with Crippen LogP contribution in [0.2, 0.25) is 0 Å². The Bertz CT molecular complexity index is 1100. The lowest BCUT2D eigenvalue weighted by molar-refractivity contribution is 0.402. The highest BCUT2D eigenvalue weighted by molar-refractivity contribution is 7.93. The summed E-state index contributed by atoms with van der Waals surface area (Å²) in [5.74, 6) is 1.08. The van der Waals surface area contributed by atoms with Crippen LogP contribution >= 0.6 is 0 Å². The van der Waals surface area contributed by atoms with Gasteiger partial charge in [-0.25, -0.2) is 12.7 Å². The molecule has 0 unspecified atom stereocenters. The number of benzene rings is 2. The first-order valence-corrected chi connectivity index (χ1v) is 10.5. The average molecular weight is 386 g/mol. The third-order valence-corrected chi connectivity index (χ3v) is 6.87. The number of sulfonamides is 1. The molecule has 2 aromatic carbocycles. The van der Waals surface area contributed by atoms with Crippen LogP contribution in [0.4, 0.5) is 5.82 Å². The highest BCUT2D eigenvalue weighted by Crippen LogP contribution is 2.44. The Morgan fingerprint density at radius 3 is 2.70 bits per heavy atom. The van der Waals surface area contributed by atoms with Crippen LogP contribution in [0.5, 0.6) is 5.75 Å². The Kier molecular flexibility index (Phi) is 4.34. The van der Waals surface area contributed by atoms with Crippen LogP contribution in [0.25, 0.3) is 11.0 Å². The van der Waals surface area contributed by atoms with Gasteiger partial charge in [0.05, 0.1) is 12.5 Å². The fraction of sp³-hybridized carbons (Fsp3) is 0.350. The lowest BCUT2D eigenvalue weighted by Gasteiger charge is -2.19. The number of anilines is 1. The fourth-order valence-corrected chi connectivity index (χ4v) is 4.68. The molecule has 7 heteroatoms. The molecule has 0 amide bonds. The van der Waals surface area contributed by atoms with E-state index in [9.17, 15) is 8.42 Å². The van der Waals surface area contributed by atoms with Gasteiger partial charge in [-0.1, -0.05) is 30.3 Å². The molecule has 142 valence electrons. The van der Waals surface area contributed by atoms with Crippen molar-refractivity contribution in [3.63, 3.8) is 0 Å². The minimum Gasteiger partial charge on any atom is -0.495 e. The summed E-state index contributed by atoms with van der Waals surface area (Å²) in [4.78, 5) is 0.126. The quantitative estimate of drug-likeness (QED) is 0.638. The maximum absolute atomic E-state index is 13.3. The standard InChI is InChI=1S/C20H22N2O4S/c1-4-13-8-11-17(25-3)18(12-13)27(23,24)22(2)20-16-7-5-6-15(14-9-10-14)19(16)26-21-20/h5-8,11-12,14H,4,9-10H2,1-3H3. The number of aromatic nitrogens is 1. The predicted molar refractivity (Wildman–Crippen MR) is 104 cm³/mol. The molecule has 4 rings (SSSR count). The zero-order valence-electron chi connectivity index (χ0n) is 15.6. The Hall–Kier alpha value is -2.54. The molecule has 27 heavy (non-hydrogen) atoms. The summed E-state index contributed by atoms with van der Waals surface area (Å²) >= 11 is 0. The maximum atomic E-state index is 13.3. The van der Waals surface area contributed by atoms with E-state index in [0.717, 1.165) is 30.4 Å². The van der Waals surface area contributed by atoms with Gasteiger partial charge in [0.1, 0.15) is 10.6 Å². The van der Waals surface area contributed by atoms with Crippen molar-refractivity contribution in [1.29, 1.82) is 0 Å². The number of para-hydroxylation sites is 1. The molecule has 1 fully saturated rings. The molecule has 0 aliphatic heterocycles. The summed E-state index contributed by atoms with van der Waals surface area (Å²) in [7, 11) is -0.900. The van der Waals surface area contributed by atoms with Gasteiger partial charge in [-0.15, -0.1) is 0 Å². The first-order valence-electron chi connectivity index (χ1n) is 9.01. The monoisotopic (exact) mass is 386 g/mol. The number of fused-ring (bicyclic) bond motifs is 1. The fourth-order valence-electron chi connectivity index (χ4n) is 3.32. The van der Waals surface area contributed by atoms with Gasteiger partial charge in [0, 0.05) is 12.6 Å². The highest BCUT2D eigenvalue weighted by Gasteiger charge is 2.32. The van der Waals surface area contributed by atoms with Crippen LogP contribution in [-0.2, 0) is 16.4 Å². The van der Waals surface area contributed by atoms with E-state index in [0.29, 0.717) is 22.6 Å². The minimum atomic E-state index is -3.86. The molecule has 1 aliphatic carbocycles. The molecule has 1 aliphatic rings. The van der Waals surface area contributed by atoms with E-state index >= 15 is 0 Å². The van der Waals surface area contributed by atoms with Crippen molar-refractivity contribution in [3.8, 4) is 5.75 Å². The lowest BCUT2D eigenvalue weighted by Crippen LogP contribution is -2.27. The molecule has 3 aromatic rings. The SMILES string of the molecule is CCc1ccc(OC)c(S(=O)(=O)N(C)c2noc3c(C4CC4)cccc23)c1. The molecule has 0 saturated heterocycles. The van der Waals surface area contributed by atoms with Gasteiger partial charge in [-0.05, 0) is 48.9 Å². The predicted octanol–water partition coefficient (Wildman–Crippen LogP) is 4.10. The number of hydrogen-bond acceptors (Lipinski definition) is 5. The number of nitrogens with zero attached hydrogens (tertiary/aromatic N) is 2. The van der Waals surface area contributed by atoms with Crippen molar-refractivity contribution in [1.82, 2.24) is 5.16 Å². The van der Waals surface area contributed by atoms with Crippen molar-refractivity contribution in [3.05, 3.63) is 47.5 Å². The molecule has 6 nitrogen and oxygen atoms in total. The van der Waals surface area contributed by atoms with Crippen molar-refractivity contribution in [2.75, 3.05) is 18.5 Å². The van der Waals surface area contributed by atoms with Crippen LogP contribution in [-0.4, -0.2) is 27.7 Å². The molecule has 0 bridgehead atoms. The summed E-state index contributed by atoms with van der Waals surface area (Å²) in [6.45, 7) is 1.98. The third-order valence-electron chi connectivity index (χ3n) is 5.10. The van der Waals surface area contributed by atoms with E-state index in [2.05, 4.69) is 5.16 Å². The smallest absolute Gasteiger partial charge is 0.269 e. The minimum absolute atomic E-state index is 0.126. The van der Waals surface area contributed by atoms with Crippen LogP contribution in [0.3, 0.4) is 0 Å². The third kappa shape index (κ3) is 2.96. The summed E-state index contributed by atoms with van der Waals surface area (Å²) in [6, 6.07) is 11.0. The van der Waals surface area contributed by atoms with Gasteiger partial charge in [-0.2, -0.15) is 0 Å². The number of ether oxygens (including phenoxy) is 1. The van der Waals surface area contributed by atoms with E-state index in [1.54, 1.807) is 12.1 Å². The molecule has 1 aromatic heterocycles. The summed E-state index contributed by atoms with van der Waals surface area (Å²) < 4.78 is 38.7. The zero-order chi connectivity index (χ0) is 19.2. The molecular formula is C20H22N2O4S. The van der Waals surface area contributed by atoms with E-state index in [1.807, 2.05) is 31.2 Å². The topological polar surface area (TPSA) is 72.6 Å². The summed E-state index contributed by atoms with van der Waals surface area (Å²) in [5, 5.41) is 4.79. The van der Waals surface area contributed by atoms with E-state index in [-0.39, 0.29) is 10.7 Å². The van der Waals surface area contributed by atoms with E-state index in [4.69, 9.17) is 9.26 Å². The Balaban J connectivity index is 1.82. The number of rotatable bonds is 6. The second-order valence-corrected chi connectivity index (χ2v) is 8.75. The van der Waals surface area contributed by atoms with Gasteiger partial charge in [0.15, 0.2) is 11.4 Å². The maximum Gasteiger partial charge on any atom is 0.269 e. The van der Waals surface area contributed by atoms with Gasteiger partial charge < -0.3 is 9.26 Å². The van der Waals surface area contributed by atoms with Gasteiger partial charge in [-0.3, -0.25) is 0 Å². The second kappa shape index (κ2) is 6.56. The Labute approximate surface area is 158 Å². The van der Waals surface area contributed by atoms with Crippen LogP contribution in [0.15, 0.2) is 45.8 Å². The van der Waals surface area contributed by atoms with E-state index in [1.165, 1.54) is 18.5 Å². The number of methoxy groups -OCH3 is 1. The normalized spacial score (nSPS) is 14.5. The number of hydrogen-bond donors (Lipinski definition) is 0. The van der Waals surface area contributed by atoms with Gasteiger partial charge >= 0.3 is 0 Å². The van der Waals surface area contributed by atoms with Crippen LogP contribution < -0.4 is 9.04 Å². The molecule has 1 saturated carbocycles. The summed E-state index contributed by atoms with van der Waals surface area (Å²) in [6.07, 6.45) is 2.99. The first-order chi connectivity index (χ1) is 13.0. The Morgan fingerprint density at radius 1 is 1.26 bits per heavy atom. The van der Waals surface area contributed by atoms with Crippen molar-refractivity contribution in [2.24, 2.45) is 0 Å². The van der Waals surface area contributed by atoms with Crippen molar-refractivity contribution in [2.45, 2.75) is 37.0 Å². The second-order valence-electron chi connectivity index (χ2n) is 6.82. The largest absolute Gasteiger partial charge is 0.495 e. The number of aryl methyl sites for hydroxylation is 1. The molecule has 0 spiro atoms. The molecule has 0 atom stereocenters.